The average molecular weight is 344 g/mol. The summed E-state index contributed by atoms with van der Waals surface area (Å²) in [7, 11) is 0. The summed E-state index contributed by atoms with van der Waals surface area (Å²) < 4.78 is 5.09. The maximum atomic E-state index is 11.9. The first-order valence-corrected chi connectivity index (χ1v) is 7.88. The van der Waals surface area contributed by atoms with Gasteiger partial charge in [0.15, 0.2) is 5.76 Å². The summed E-state index contributed by atoms with van der Waals surface area (Å²) in [6.45, 7) is 2.61. The molecular formula is C18H20N2O5. The van der Waals surface area contributed by atoms with Crippen LogP contribution in [0.25, 0.3) is 0 Å². The third-order valence-corrected chi connectivity index (χ3v) is 3.57. The molecule has 0 atom stereocenters. The van der Waals surface area contributed by atoms with Crippen molar-refractivity contribution in [1.82, 2.24) is 10.6 Å². The number of nitrogens with one attached hydrogen (secondary N) is 2. The fourth-order valence-electron chi connectivity index (χ4n) is 2.27. The highest BCUT2D eigenvalue weighted by Crippen LogP contribution is 2.08. The number of furan rings is 1. The minimum atomic E-state index is -1.02. The number of hydrogen-bond donors (Lipinski definition) is 3. The minimum absolute atomic E-state index is 0.110. The zero-order valence-electron chi connectivity index (χ0n) is 13.9. The molecule has 3 N–H and O–H groups in total. The van der Waals surface area contributed by atoms with E-state index in [2.05, 4.69) is 10.6 Å². The van der Waals surface area contributed by atoms with Crippen LogP contribution >= 0.6 is 0 Å². The molecule has 7 heteroatoms. The van der Waals surface area contributed by atoms with Crippen molar-refractivity contribution in [1.29, 1.82) is 0 Å². The number of carbonyl (C=O) groups is 3. The fraction of sp³-hybridized carbons (Fsp3) is 0.278. The highest BCUT2D eigenvalue weighted by atomic mass is 16.4. The van der Waals surface area contributed by atoms with Gasteiger partial charge in [0.2, 0.25) is 5.91 Å². The number of benzene rings is 1. The topological polar surface area (TPSA) is 109 Å². The van der Waals surface area contributed by atoms with Crippen molar-refractivity contribution < 1.29 is 23.9 Å². The van der Waals surface area contributed by atoms with E-state index in [0.29, 0.717) is 30.8 Å². The Balaban J connectivity index is 1.67. The predicted molar refractivity (Wildman–Crippen MR) is 90.5 cm³/mol. The smallest absolute Gasteiger partial charge is 0.335 e. The normalized spacial score (nSPS) is 10.3. The molecule has 1 heterocycles. The van der Waals surface area contributed by atoms with Gasteiger partial charge in [-0.15, -0.1) is 0 Å². The van der Waals surface area contributed by atoms with Gasteiger partial charge in [0.05, 0.1) is 18.2 Å². The fourth-order valence-corrected chi connectivity index (χ4v) is 2.27. The number of aromatic carboxylic acids is 1. The second-order valence-corrected chi connectivity index (χ2v) is 5.57. The first-order valence-electron chi connectivity index (χ1n) is 7.88. The molecule has 0 unspecified atom stereocenters. The average Bonchev–Trinajstić information content (AvgIpc) is 3.00. The van der Waals surface area contributed by atoms with E-state index < -0.39 is 5.97 Å². The molecule has 0 spiro atoms. The Morgan fingerprint density at radius 1 is 1.12 bits per heavy atom. The van der Waals surface area contributed by atoms with Gasteiger partial charge in [-0.05, 0) is 37.1 Å². The SMILES string of the molecule is Cc1ccoc1C(=O)NCCCNC(=O)Cc1cccc(C(=O)O)c1. The van der Waals surface area contributed by atoms with Crippen molar-refractivity contribution in [3.05, 3.63) is 59.0 Å². The maximum absolute atomic E-state index is 11.9. The van der Waals surface area contributed by atoms with E-state index in [1.54, 1.807) is 25.1 Å². The molecule has 2 amide bonds. The molecular weight excluding hydrogens is 324 g/mol. The molecule has 2 rings (SSSR count). The second-order valence-electron chi connectivity index (χ2n) is 5.57. The van der Waals surface area contributed by atoms with E-state index in [4.69, 9.17) is 9.52 Å². The molecule has 2 aromatic rings. The van der Waals surface area contributed by atoms with Crippen LogP contribution in [0.2, 0.25) is 0 Å². The van der Waals surface area contributed by atoms with Crippen LogP contribution in [0, 0.1) is 6.92 Å². The minimum Gasteiger partial charge on any atom is -0.478 e. The van der Waals surface area contributed by atoms with Gasteiger partial charge in [0.1, 0.15) is 0 Å². The molecule has 0 saturated carbocycles. The van der Waals surface area contributed by atoms with E-state index in [-0.39, 0.29) is 23.8 Å². The molecule has 132 valence electrons. The van der Waals surface area contributed by atoms with Gasteiger partial charge in [-0.2, -0.15) is 0 Å². The van der Waals surface area contributed by atoms with Crippen molar-refractivity contribution in [3.8, 4) is 0 Å². The zero-order chi connectivity index (χ0) is 18.2. The van der Waals surface area contributed by atoms with E-state index in [1.165, 1.54) is 18.4 Å². The van der Waals surface area contributed by atoms with Gasteiger partial charge in [-0.3, -0.25) is 9.59 Å². The predicted octanol–water partition coefficient (Wildman–Crippen LogP) is 1.77. The van der Waals surface area contributed by atoms with E-state index in [1.807, 2.05) is 0 Å². The van der Waals surface area contributed by atoms with Crippen molar-refractivity contribution >= 4 is 17.8 Å². The summed E-state index contributed by atoms with van der Waals surface area (Å²) >= 11 is 0. The van der Waals surface area contributed by atoms with Gasteiger partial charge in [0, 0.05) is 18.7 Å². The number of carboxylic acids is 1. The van der Waals surface area contributed by atoms with Crippen molar-refractivity contribution in [2.75, 3.05) is 13.1 Å². The van der Waals surface area contributed by atoms with Gasteiger partial charge < -0.3 is 20.2 Å². The Morgan fingerprint density at radius 2 is 1.88 bits per heavy atom. The molecule has 0 aliphatic carbocycles. The molecule has 0 aliphatic heterocycles. The van der Waals surface area contributed by atoms with Crippen LogP contribution in [0.5, 0.6) is 0 Å². The monoisotopic (exact) mass is 344 g/mol. The number of carbonyl (C=O) groups excluding carboxylic acids is 2. The lowest BCUT2D eigenvalue weighted by atomic mass is 10.1. The highest BCUT2D eigenvalue weighted by Gasteiger charge is 2.11. The Labute approximate surface area is 145 Å². The van der Waals surface area contributed by atoms with Crippen LogP contribution in [0.3, 0.4) is 0 Å². The van der Waals surface area contributed by atoms with Gasteiger partial charge in [-0.1, -0.05) is 12.1 Å². The van der Waals surface area contributed by atoms with Crippen LogP contribution in [0.1, 0.15) is 38.5 Å². The van der Waals surface area contributed by atoms with Crippen LogP contribution < -0.4 is 10.6 Å². The number of amides is 2. The molecule has 25 heavy (non-hydrogen) atoms. The van der Waals surface area contributed by atoms with Gasteiger partial charge in [0.25, 0.3) is 5.91 Å². The number of rotatable bonds is 8. The Bertz CT molecular complexity index is 766. The number of aryl methyl sites for hydroxylation is 1. The lowest BCUT2D eigenvalue weighted by molar-refractivity contribution is -0.120. The largest absolute Gasteiger partial charge is 0.478 e. The van der Waals surface area contributed by atoms with Crippen molar-refractivity contribution in [2.45, 2.75) is 19.8 Å². The first-order chi connectivity index (χ1) is 12.0. The van der Waals surface area contributed by atoms with Crippen LogP contribution in [-0.4, -0.2) is 36.0 Å². The summed E-state index contributed by atoms with van der Waals surface area (Å²) in [4.78, 5) is 34.6. The molecule has 1 aromatic carbocycles. The third kappa shape index (κ3) is 5.49. The third-order valence-electron chi connectivity index (χ3n) is 3.57. The summed E-state index contributed by atoms with van der Waals surface area (Å²) in [6, 6.07) is 7.99. The molecule has 0 aliphatic rings. The van der Waals surface area contributed by atoms with Crippen molar-refractivity contribution in [3.63, 3.8) is 0 Å². The molecule has 1 aromatic heterocycles. The van der Waals surface area contributed by atoms with Crippen LogP contribution in [-0.2, 0) is 11.2 Å². The molecule has 0 radical (unpaired) electrons. The highest BCUT2D eigenvalue weighted by molar-refractivity contribution is 5.92. The Morgan fingerprint density at radius 3 is 2.56 bits per heavy atom. The van der Waals surface area contributed by atoms with Gasteiger partial charge in [-0.25, -0.2) is 4.79 Å². The van der Waals surface area contributed by atoms with E-state index in [9.17, 15) is 14.4 Å². The van der Waals surface area contributed by atoms with Crippen LogP contribution in [0.15, 0.2) is 41.0 Å². The Hall–Kier alpha value is -3.09. The van der Waals surface area contributed by atoms with Gasteiger partial charge >= 0.3 is 5.97 Å². The lowest BCUT2D eigenvalue weighted by Crippen LogP contribution is -2.30. The second kappa shape index (κ2) is 8.68. The zero-order valence-corrected chi connectivity index (χ0v) is 13.9. The standard InChI is InChI=1S/C18H20N2O5/c1-12-6-9-25-16(12)17(22)20-8-3-7-19-15(21)11-13-4-2-5-14(10-13)18(23)24/h2,4-6,9-10H,3,7-8,11H2,1H3,(H,19,21)(H,20,22)(H,23,24). The van der Waals surface area contributed by atoms with E-state index in [0.717, 1.165) is 5.56 Å². The summed E-state index contributed by atoms with van der Waals surface area (Å²) in [5, 5.41) is 14.4. The number of carboxylic acid groups (broad SMARTS) is 1. The quantitative estimate of drug-likeness (QED) is 0.632. The Kier molecular flexibility index (Phi) is 6.33. The molecule has 0 bridgehead atoms. The number of hydrogen-bond acceptors (Lipinski definition) is 4. The molecule has 0 saturated heterocycles. The van der Waals surface area contributed by atoms with E-state index >= 15 is 0 Å². The summed E-state index contributed by atoms with van der Waals surface area (Å²) in [5.74, 6) is -1.21. The summed E-state index contributed by atoms with van der Waals surface area (Å²) in [5.41, 5.74) is 1.56. The maximum Gasteiger partial charge on any atom is 0.335 e. The first kappa shape index (κ1) is 18.3. The van der Waals surface area contributed by atoms with Crippen LogP contribution in [0.4, 0.5) is 0 Å². The summed E-state index contributed by atoms with van der Waals surface area (Å²) in [6.07, 6.45) is 2.15. The van der Waals surface area contributed by atoms with Crippen molar-refractivity contribution in [2.24, 2.45) is 0 Å². The lowest BCUT2D eigenvalue weighted by Gasteiger charge is -2.07. The molecule has 7 nitrogen and oxygen atoms in total. The molecule has 0 fully saturated rings.